The summed E-state index contributed by atoms with van der Waals surface area (Å²) in [5, 5.41) is 17.1. The van der Waals surface area contributed by atoms with Gasteiger partial charge in [-0.25, -0.2) is 9.78 Å². The molecular formula is C8H7N3O3. The summed E-state index contributed by atoms with van der Waals surface area (Å²) in [6, 6.07) is 1.77. The van der Waals surface area contributed by atoms with Crippen LogP contribution in [0.25, 0.3) is 6.20 Å². The van der Waals surface area contributed by atoms with Crippen molar-refractivity contribution in [3.63, 3.8) is 0 Å². The van der Waals surface area contributed by atoms with E-state index in [1.807, 2.05) is 0 Å². The highest BCUT2D eigenvalue weighted by Crippen LogP contribution is 2.08. The van der Waals surface area contributed by atoms with Crippen molar-refractivity contribution in [3.8, 4) is 12.1 Å². The Bertz CT molecular complexity index is 414. The average molecular weight is 193 g/mol. The molecule has 1 rings (SSSR count). The minimum Gasteiger partial charge on any atom is -0.477 e. The molecule has 0 radical (unpaired) electrons. The third kappa shape index (κ3) is 1.90. The predicted molar refractivity (Wildman–Crippen MR) is 46.3 cm³/mol. The van der Waals surface area contributed by atoms with Gasteiger partial charge in [-0.3, -0.25) is 4.57 Å². The van der Waals surface area contributed by atoms with Gasteiger partial charge in [0, 0.05) is 18.6 Å². The van der Waals surface area contributed by atoms with Gasteiger partial charge in [0.15, 0.2) is 5.57 Å². The molecule has 0 aliphatic rings. The topological polar surface area (TPSA) is 88.1 Å². The van der Waals surface area contributed by atoms with E-state index in [4.69, 9.17) is 15.1 Å². The van der Waals surface area contributed by atoms with Crippen molar-refractivity contribution in [1.82, 2.24) is 9.55 Å². The number of hydrogen-bond donors (Lipinski definition) is 1. The molecule has 0 fully saturated rings. The summed E-state index contributed by atoms with van der Waals surface area (Å²) < 4.78 is 6.13. The Morgan fingerprint density at radius 1 is 1.86 bits per heavy atom. The number of nitriles is 1. The fourth-order valence-corrected chi connectivity index (χ4v) is 0.827. The lowest BCUT2D eigenvalue weighted by molar-refractivity contribution is -0.132. The van der Waals surface area contributed by atoms with Crippen molar-refractivity contribution in [2.24, 2.45) is 0 Å². The minimum atomic E-state index is -1.29. The van der Waals surface area contributed by atoms with E-state index >= 15 is 0 Å². The number of rotatable bonds is 3. The number of methoxy groups -OCH3 is 1. The SMILES string of the molecule is COc1nccn1C=C(C#N)C(=O)O. The standard InChI is InChI=1S/C8H7N3O3/c1-14-8-10-2-3-11(8)5-6(4-9)7(12)13/h2-3,5H,1H3,(H,12,13). The van der Waals surface area contributed by atoms with Gasteiger partial charge in [0.05, 0.1) is 7.11 Å². The maximum atomic E-state index is 10.5. The summed E-state index contributed by atoms with van der Waals surface area (Å²) >= 11 is 0. The Balaban J connectivity index is 3.07. The van der Waals surface area contributed by atoms with Gasteiger partial charge in [0.1, 0.15) is 6.07 Å². The highest BCUT2D eigenvalue weighted by molar-refractivity contribution is 5.94. The zero-order valence-corrected chi connectivity index (χ0v) is 7.34. The van der Waals surface area contributed by atoms with Gasteiger partial charge in [-0.2, -0.15) is 5.26 Å². The third-order valence-electron chi connectivity index (χ3n) is 1.43. The van der Waals surface area contributed by atoms with Crippen LogP contribution in [0.15, 0.2) is 18.0 Å². The number of carboxylic acids is 1. The maximum absolute atomic E-state index is 10.5. The molecule has 0 aliphatic carbocycles. The molecule has 0 aromatic carbocycles. The molecule has 72 valence electrons. The summed E-state index contributed by atoms with van der Waals surface area (Å²) in [5.41, 5.74) is -0.388. The van der Waals surface area contributed by atoms with Gasteiger partial charge >= 0.3 is 5.97 Å². The van der Waals surface area contributed by atoms with Gasteiger partial charge in [-0.05, 0) is 0 Å². The Morgan fingerprint density at radius 3 is 3.07 bits per heavy atom. The Kier molecular flexibility index (Phi) is 2.86. The van der Waals surface area contributed by atoms with Crippen molar-refractivity contribution in [3.05, 3.63) is 18.0 Å². The largest absolute Gasteiger partial charge is 0.477 e. The Morgan fingerprint density at radius 2 is 2.57 bits per heavy atom. The quantitative estimate of drug-likeness (QED) is 0.552. The first-order valence-electron chi connectivity index (χ1n) is 3.61. The molecular weight excluding hydrogens is 186 g/mol. The van der Waals surface area contributed by atoms with Gasteiger partial charge in [-0.1, -0.05) is 0 Å². The van der Waals surface area contributed by atoms with Gasteiger partial charge < -0.3 is 9.84 Å². The van der Waals surface area contributed by atoms with Crippen LogP contribution >= 0.6 is 0 Å². The number of nitrogens with zero attached hydrogens (tertiary/aromatic N) is 3. The average Bonchev–Trinajstić information content (AvgIpc) is 2.60. The molecule has 1 aromatic rings. The molecule has 1 aromatic heterocycles. The predicted octanol–water partition coefficient (Wildman–Crippen LogP) is 0.341. The molecule has 14 heavy (non-hydrogen) atoms. The molecule has 0 saturated carbocycles. The first-order chi connectivity index (χ1) is 6.69. The van der Waals surface area contributed by atoms with E-state index in [0.29, 0.717) is 0 Å². The molecule has 0 saturated heterocycles. The first-order valence-corrected chi connectivity index (χ1v) is 3.61. The molecule has 1 heterocycles. The van der Waals surface area contributed by atoms with Crippen LogP contribution in [-0.2, 0) is 4.79 Å². The molecule has 6 heteroatoms. The van der Waals surface area contributed by atoms with E-state index in [9.17, 15) is 4.79 Å². The van der Waals surface area contributed by atoms with Crippen LogP contribution in [0.4, 0.5) is 0 Å². The van der Waals surface area contributed by atoms with E-state index in [1.165, 1.54) is 24.1 Å². The zero-order valence-electron chi connectivity index (χ0n) is 7.34. The summed E-state index contributed by atoms with van der Waals surface area (Å²) in [4.78, 5) is 14.3. The maximum Gasteiger partial charge on any atom is 0.347 e. The van der Waals surface area contributed by atoms with E-state index in [-0.39, 0.29) is 11.6 Å². The van der Waals surface area contributed by atoms with E-state index in [1.54, 1.807) is 6.07 Å². The van der Waals surface area contributed by atoms with E-state index in [2.05, 4.69) is 4.98 Å². The summed E-state index contributed by atoms with van der Waals surface area (Å²) in [7, 11) is 1.40. The van der Waals surface area contributed by atoms with Crippen LogP contribution < -0.4 is 4.74 Å². The fraction of sp³-hybridized carbons (Fsp3) is 0.125. The normalized spacial score (nSPS) is 10.7. The van der Waals surface area contributed by atoms with Gasteiger partial charge in [0.2, 0.25) is 0 Å². The lowest BCUT2D eigenvalue weighted by Gasteiger charge is -1.99. The van der Waals surface area contributed by atoms with Crippen molar-refractivity contribution >= 4 is 12.2 Å². The monoisotopic (exact) mass is 193 g/mol. The minimum absolute atomic E-state index is 0.221. The lowest BCUT2D eigenvalue weighted by atomic mass is 10.3. The molecule has 6 nitrogen and oxygen atoms in total. The smallest absolute Gasteiger partial charge is 0.347 e. The van der Waals surface area contributed by atoms with Crippen LogP contribution in [0.1, 0.15) is 0 Å². The second-order valence-electron chi connectivity index (χ2n) is 2.28. The van der Waals surface area contributed by atoms with Crippen molar-refractivity contribution in [2.45, 2.75) is 0 Å². The second-order valence-corrected chi connectivity index (χ2v) is 2.28. The van der Waals surface area contributed by atoms with Crippen LogP contribution in [0, 0.1) is 11.3 Å². The Hall–Kier alpha value is -2.29. The number of ether oxygens (including phenoxy) is 1. The highest BCUT2D eigenvalue weighted by Gasteiger charge is 2.07. The number of aliphatic carboxylic acids is 1. The Labute approximate surface area is 79.7 Å². The summed E-state index contributed by atoms with van der Waals surface area (Å²) in [6.07, 6.45) is 4.06. The molecule has 1 N–H and O–H groups in total. The van der Waals surface area contributed by atoms with Gasteiger partial charge in [0.25, 0.3) is 6.01 Å². The first kappa shape index (κ1) is 9.80. The molecule has 0 unspecified atom stereocenters. The molecule has 0 aliphatic heterocycles. The number of carboxylic acid groups (broad SMARTS) is 1. The number of aromatic nitrogens is 2. The molecule has 0 bridgehead atoms. The zero-order chi connectivity index (χ0) is 10.6. The van der Waals surface area contributed by atoms with Crippen LogP contribution in [-0.4, -0.2) is 27.7 Å². The van der Waals surface area contributed by atoms with Gasteiger partial charge in [-0.15, -0.1) is 0 Å². The third-order valence-corrected chi connectivity index (χ3v) is 1.43. The fourth-order valence-electron chi connectivity index (χ4n) is 0.827. The van der Waals surface area contributed by atoms with Crippen molar-refractivity contribution in [1.29, 1.82) is 5.26 Å². The molecule has 0 spiro atoms. The van der Waals surface area contributed by atoms with Crippen LogP contribution in [0.3, 0.4) is 0 Å². The van der Waals surface area contributed by atoms with E-state index < -0.39 is 5.97 Å². The van der Waals surface area contributed by atoms with Crippen LogP contribution in [0.5, 0.6) is 6.01 Å². The van der Waals surface area contributed by atoms with Crippen molar-refractivity contribution in [2.75, 3.05) is 7.11 Å². The number of imidazole rings is 1. The van der Waals surface area contributed by atoms with Crippen molar-refractivity contribution < 1.29 is 14.6 Å². The van der Waals surface area contributed by atoms with E-state index in [0.717, 1.165) is 6.20 Å². The molecule has 0 amide bonds. The number of hydrogen-bond acceptors (Lipinski definition) is 4. The second kappa shape index (κ2) is 4.09. The summed E-state index contributed by atoms with van der Waals surface area (Å²) in [6.45, 7) is 0. The van der Waals surface area contributed by atoms with Crippen LogP contribution in [0.2, 0.25) is 0 Å². The number of carbonyl (C=O) groups is 1. The summed E-state index contributed by atoms with van der Waals surface area (Å²) in [5.74, 6) is -1.29. The highest BCUT2D eigenvalue weighted by atomic mass is 16.5. The molecule has 0 atom stereocenters. The lowest BCUT2D eigenvalue weighted by Crippen LogP contribution is -2.01.